The molecule has 0 radical (unpaired) electrons. The van der Waals surface area contributed by atoms with E-state index >= 15 is 0 Å². The van der Waals surface area contributed by atoms with Crippen molar-refractivity contribution >= 4 is 5.91 Å². The molecule has 1 atom stereocenters. The topological polar surface area (TPSA) is 47.6 Å². The van der Waals surface area contributed by atoms with Crippen molar-refractivity contribution in [3.8, 4) is 11.5 Å². The average molecular weight is 393 g/mol. The fraction of sp³-hybridized carbons (Fsp3) is 0.208. The highest BCUT2D eigenvalue weighted by atomic mass is 19.1. The lowest BCUT2D eigenvalue weighted by molar-refractivity contribution is -0.120. The van der Waals surface area contributed by atoms with Crippen molar-refractivity contribution in [1.29, 1.82) is 0 Å². The monoisotopic (exact) mass is 393 g/mol. The Morgan fingerprint density at radius 1 is 1.00 bits per heavy atom. The molecule has 1 amide bonds. The first-order chi connectivity index (χ1) is 14.1. The standard InChI is InChI=1S/C24H24FNO3/c1-3-29-20-12-10-19(11-13-20)24(18-7-5-4-6-8-18)26-23(27)16-17-9-14-22(28-2)21(25)15-17/h4-15,24H,3,16H2,1-2H3,(H,26,27). The summed E-state index contributed by atoms with van der Waals surface area (Å²) in [7, 11) is 1.41. The Bertz CT molecular complexity index is 942. The van der Waals surface area contributed by atoms with Crippen molar-refractivity contribution in [3.63, 3.8) is 0 Å². The second-order valence-corrected chi connectivity index (χ2v) is 6.56. The lowest BCUT2D eigenvalue weighted by Gasteiger charge is -2.20. The third-order valence-corrected chi connectivity index (χ3v) is 4.54. The van der Waals surface area contributed by atoms with Gasteiger partial charge in [0.1, 0.15) is 5.75 Å². The molecule has 1 N–H and O–H groups in total. The van der Waals surface area contributed by atoms with Gasteiger partial charge < -0.3 is 14.8 Å². The highest BCUT2D eigenvalue weighted by molar-refractivity contribution is 5.79. The van der Waals surface area contributed by atoms with Crippen LogP contribution in [0.1, 0.15) is 29.7 Å². The van der Waals surface area contributed by atoms with Gasteiger partial charge in [0.15, 0.2) is 11.6 Å². The molecule has 0 aromatic heterocycles. The van der Waals surface area contributed by atoms with Crippen LogP contribution in [0.5, 0.6) is 11.5 Å². The summed E-state index contributed by atoms with van der Waals surface area (Å²) in [4.78, 5) is 12.7. The molecule has 3 aromatic rings. The van der Waals surface area contributed by atoms with Gasteiger partial charge in [-0.05, 0) is 47.9 Å². The molecule has 0 saturated carbocycles. The summed E-state index contributed by atoms with van der Waals surface area (Å²) >= 11 is 0. The summed E-state index contributed by atoms with van der Waals surface area (Å²) in [5, 5.41) is 3.06. The number of benzene rings is 3. The van der Waals surface area contributed by atoms with Gasteiger partial charge in [0.05, 0.1) is 26.2 Å². The van der Waals surface area contributed by atoms with Crippen LogP contribution < -0.4 is 14.8 Å². The molecular weight excluding hydrogens is 369 g/mol. The number of rotatable bonds is 8. The van der Waals surface area contributed by atoms with Crippen molar-refractivity contribution in [1.82, 2.24) is 5.32 Å². The molecule has 0 aliphatic rings. The zero-order chi connectivity index (χ0) is 20.6. The first-order valence-electron chi connectivity index (χ1n) is 9.50. The number of carbonyl (C=O) groups excluding carboxylic acids is 1. The van der Waals surface area contributed by atoms with E-state index in [1.54, 1.807) is 6.07 Å². The fourth-order valence-electron chi connectivity index (χ4n) is 3.15. The van der Waals surface area contributed by atoms with Gasteiger partial charge in [0.2, 0.25) is 5.91 Å². The number of methoxy groups -OCH3 is 1. The van der Waals surface area contributed by atoms with Crippen molar-refractivity contribution in [2.75, 3.05) is 13.7 Å². The van der Waals surface area contributed by atoms with Gasteiger partial charge >= 0.3 is 0 Å². The summed E-state index contributed by atoms with van der Waals surface area (Å²) in [6.45, 7) is 2.53. The predicted molar refractivity (Wildman–Crippen MR) is 111 cm³/mol. The highest BCUT2D eigenvalue weighted by Gasteiger charge is 2.17. The van der Waals surface area contributed by atoms with Gasteiger partial charge in [0, 0.05) is 0 Å². The molecule has 3 rings (SSSR count). The second-order valence-electron chi connectivity index (χ2n) is 6.56. The molecule has 0 spiro atoms. The minimum Gasteiger partial charge on any atom is -0.494 e. The largest absolute Gasteiger partial charge is 0.494 e. The van der Waals surface area contributed by atoms with E-state index < -0.39 is 5.82 Å². The van der Waals surface area contributed by atoms with Crippen molar-refractivity contribution < 1.29 is 18.7 Å². The third kappa shape index (κ3) is 5.35. The van der Waals surface area contributed by atoms with Crippen LogP contribution in [-0.2, 0) is 11.2 Å². The van der Waals surface area contributed by atoms with E-state index in [0.717, 1.165) is 16.9 Å². The van der Waals surface area contributed by atoms with Crippen LogP contribution >= 0.6 is 0 Å². The fourth-order valence-corrected chi connectivity index (χ4v) is 3.15. The number of hydrogen-bond donors (Lipinski definition) is 1. The van der Waals surface area contributed by atoms with Crippen LogP contribution in [0.4, 0.5) is 4.39 Å². The number of hydrogen-bond acceptors (Lipinski definition) is 3. The zero-order valence-corrected chi connectivity index (χ0v) is 16.5. The maximum atomic E-state index is 13.9. The Kier molecular flexibility index (Phi) is 6.85. The van der Waals surface area contributed by atoms with Gasteiger partial charge in [-0.2, -0.15) is 0 Å². The van der Waals surface area contributed by atoms with Crippen molar-refractivity contribution in [3.05, 3.63) is 95.3 Å². The molecule has 3 aromatic carbocycles. The van der Waals surface area contributed by atoms with Crippen LogP contribution in [0.3, 0.4) is 0 Å². The van der Waals surface area contributed by atoms with Crippen LogP contribution in [0.2, 0.25) is 0 Å². The Morgan fingerprint density at radius 3 is 2.31 bits per heavy atom. The minimum atomic E-state index is -0.482. The van der Waals surface area contributed by atoms with Crippen LogP contribution in [0.25, 0.3) is 0 Å². The van der Waals surface area contributed by atoms with Crippen molar-refractivity contribution in [2.45, 2.75) is 19.4 Å². The molecule has 0 fully saturated rings. The average Bonchev–Trinajstić information content (AvgIpc) is 2.74. The maximum Gasteiger partial charge on any atom is 0.225 e. The van der Waals surface area contributed by atoms with E-state index in [4.69, 9.17) is 9.47 Å². The number of ether oxygens (including phenoxy) is 2. The van der Waals surface area contributed by atoms with Crippen molar-refractivity contribution in [2.24, 2.45) is 0 Å². The van der Waals surface area contributed by atoms with Gasteiger partial charge in [0.25, 0.3) is 0 Å². The SMILES string of the molecule is CCOc1ccc(C(NC(=O)Cc2ccc(OC)c(F)c2)c2ccccc2)cc1. The molecule has 0 aliphatic carbocycles. The maximum absolute atomic E-state index is 13.9. The molecule has 0 heterocycles. The number of carbonyl (C=O) groups is 1. The van der Waals surface area contributed by atoms with Gasteiger partial charge in [-0.25, -0.2) is 4.39 Å². The van der Waals surface area contributed by atoms with Gasteiger partial charge in [-0.1, -0.05) is 48.5 Å². The first kappa shape index (κ1) is 20.4. The normalized spacial score (nSPS) is 11.6. The molecule has 5 heteroatoms. The Morgan fingerprint density at radius 2 is 1.69 bits per heavy atom. The lowest BCUT2D eigenvalue weighted by atomic mass is 9.98. The number of halogens is 1. The molecule has 0 saturated heterocycles. The zero-order valence-electron chi connectivity index (χ0n) is 16.5. The van der Waals surface area contributed by atoms with E-state index in [1.807, 2.05) is 61.5 Å². The molecule has 0 bridgehead atoms. The van der Waals surface area contributed by atoms with Gasteiger partial charge in [-0.15, -0.1) is 0 Å². The molecule has 150 valence electrons. The van der Waals surface area contributed by atoms with Crippen LogP contribution in [0, 0.1) is 5.82 Å². The van der Waals surface area contributed by atoms with Crippen LogP contribution in [0.15, 0.2) is 72.8 Å². The van der Waals surface area contributed by atoms with E-state index in [1.165, 1.54) is 19.2 Å². The molecule has 29 heavy (non-hydrogen) atoms. The molecular formula is C24H24FNO3. The summed E-state index contributed by atoms with van der Waals surface area (Å²) in [5.74, 6) is 0.259. The van der Waals surface area contributed by atoms with E-state index in [2.05, 4.69) is 5.32 Å². The highest BCUT2D eigenvalue weighted by Crippen LogP contribution is 2.25. The predicted octanol–water partition coefficient (Wildman–Crippen LogP) is 4.68. The molecule has 4 nitrogen and oxygen atoms in total. The van der Waals surface area contributed by atoms with E-state index in [9.17, 15) is 9.18 Å². The van der Waals surface area contributed by atoms with Gasteiger partial charge in [-0.3, -0.25) is 4.79 Å². The Balaban J connectivity index is 1.79. The quantitative estimate of drug-likeness (QED) is 0.604. The second kappa shape index (κ2) is 9.73. The molecule has 1 unspecified atom stereocenters. The molecule has 0 aliphatic heterocycles. The summed E-state index contributed by atoms with van der Waals surface area (Å²) in [5.41, 5.74) is 2.49. The first-order valence-corrected chi connectivity index (χ1v) is 9.50. The Hall–Kier alpha value is -3.34. The lowest BCUT2D eigenvalue weighted by Crippen LogP contribution is -2.30. The summed E-state index contributed by atoms with van der Waals surface area (Å²) in [6, 6.07) is 21.6. The van der Waals surface area contributed by atoms with Crippen LogP contribution in [-0.4, -0.2) is 19.6 Å². The third-order valence-electron chi connectivity index (χ3n) is 4.54. The smallest absolute Gasteiger partial charge is 0.225 e. The summed E-state index contributed by atoms with van der Waals surface area (Å²) < 4.78 is 24.4. The number of amides is 1. The minimum absolute atomic E-state index is 0.0707. The van der Waals surface area contributed by atoms with E-state index in [-0.39, 0.29) is 24.1 Å². The summed E-state index contributed by atoms with van der Waals surface area (Å²) in [6.07, 6.45) is 0.0707. The number of nitrogens with one attached hydrogen (secondary N) is 1. The Labute approximate surface area is 170 Å². The van der Waals surface area contributed by atoms with E-state index in [0.29, 0.717) is 12.2 Å².